The molecule has 2 N–H and O–H groups in total. The molecule has 0 aliphatic carbocycles. The fourth-order valence-electron chi connectivity index (χ4n) is 2.94. The number of carbonyl (C=O) groups excluding carboxylic acids is 1. The number of carbonyl (C=O) groups is 1. The van der Waals surface area contributed by atoms with Gasteiger partial charge in [0.15, 0.2) is 0 Å². The number of nitrogens with two attached hydrogens (primary N) is 1. The molecule has 27 heavy (non-hydrogen) atoms. The van der Waals surface area contributed by atoms with Crippen LogP contribution in [-0.2, 0) is 19.5 Å². The van der Waals surface area contributed by atoms with Crippen molar-refractivity contribution in [3.8, 4) is 0 Å². The molecule has 1 aromatic rings. The lowest BCUT2D eigenvalue weighted by Crippen LogP contribution is -2.42. The van der Waals surface area contributed by atoms with E-state index in [0.29, 0.717) is 18.7 Å². The second-order valence-corrected chi connectivity index (χ2v) is 8.48. The molecule has 1 aliphatic rings. The topological polar surface area (TPSA) is 102 Å². The normalized spacial score (nSPS) is 16.1. The molecule has 9 heteroatoms. The number of sulfonamides is 1. The second kappa shape index (κ2) is 10.1. The fraction of sp³-hybridized carbons (Fsp3) is 0.611. The summed E-state index contributed by atoms with van der Waals surface area (Å²) < 4.78 is 37.1. The second-order valence-electron chi connectivity index (χ2n) is 6.54. The van der Waals surface area contributed by atoms with Crippen LogP contribution in [0.25, 0.3) is 0 Å². The van der Waals surface area contributed by atoms with Gasteiger partial charge in [0.1, 0.15) is 0 Å². The third kappa shape index (κ3) is 5.73. The number of nitrogens with zero attached hydrogens (tertiary/aromatic N) is 2. The predicted octanol–water partition coefficient (Wildman–Crippen LogP) is 0.533. The van der Waals surface area contributed by atoms with Crippen LogP contribution in [0.1, 0.15) is 23.2 Å². The average molecular weight is 400 g/mol. The van der Waals surface area contributed by atoms with E-state index in [1.807, 2.05) is 0 Å². The molecule has 0 spiro atoms. The smallest absolute Gasteiger partial charge is 0.253 e. The summed E-state index contributed by atoms with van der Waals surface area (Å²) in [5.74, 6) is -0.0959. The maximum absolute atomic E-state index is 12.9. The molecule has 1 aliphatic heterocycles. The minimum atomic E-state index is -3.69. The Morgan fingerprint density at radius 2 is 1.63 bits per heavy atom. The van der Waals surface area contributed by atoms with Gasteiger partial charge in [0.25, 0.3) is 5.91 Å². The van der Waals surface area contributed by atoms with Gasteiger partial charge in [0.05, 0.1) is 18.1 Å². The van der Waals surface area contributed by atoms with Crippen molar-refractivity contribution in [1.82, 2.24) is 9.21 Å². The summed E-state index contributed by atoms with van der Waals surface area (Å²) >= 11 is 0. The summed E-state index contributed by atoms with van der Waals surface area (Å²) in [6, 6.07) is 6.23. The molecule has 1 aromatic carbocycles. The van der Waals surface area contributed by atoms with Crippen molar-refractivity contribution in [2.24, 2.45) is 5.73 Å². The molecular formula is C18H29N3O5S. The van der Waals surface area contributed by atoms with E-state index in [1.54, 1.807) is 17.0 Å². The molecule has 2 rings (SSSR count). The van der Waals surface area contributed by atoms with Crippen LogP contribution in [0, 0.1) is 0 Å². The van der Waals surface area contributed by atoms with Crippen LogP contribution in [-0.4, -0.2) is 83.2 Å². The van der Waals surface area contributed by atoms with Crippen molar-refractivity contribution < 1.29 is 22.7 Å². The number of rotatable bonds is 9. The van der Waals surface area contributed by atoms with Crippen molar-refractivity contribution in [3.05, 3.63) is 29.8 Å². The molecule has 1 saturated heterocycles. The summed E-state index contributed by atoms with van der Waals surface area (Å²) in [5, 5.41) is 0. The number of hydrogen-bond donors (Lipinski definition) is 1. The summed E-state index contributed by atoms with van der Waals surface area (Å²) in [6.45, 7) is 2.30. The zero-order chi connectivity index (χ0) is 19.9. The van der Waals surface area contributed by atoms with E-state index in [2.05, 4.69) is 0 Å². The van der Waals surface area contributed by atoms with Gasteiger partial charge in [0.2, 0.25) is 10.0 Å². The quantitative estimate of drug-likeness (QED) is 0.650. The highest BCUT2D eigenvalue weighted by Gasteiger charge is 2.25. The highest BCUT2D eigenvalue weighted by atomic mass is 32.2. The summed E-state index contributed by atoms with van der Waals surface area (Å²) in [6.07, 6.45) is 1.57. The van der Waals surface area contributed by atoms with Crippen LogP contribution in [0.4, 0.5) is 0 Å². The van der Waals surface area contributed by atoms with E-state index >= 15 is 0 Å². The van der Waals surface area contributed by atoms with Crippen LogP contribution in [0.2, 0.25) is 0 Å². The summed E-state index contributed by atoms with van der Waals surface area (Å²) in [7, 11) is -0.643. The van der Waals surface area contributed by atoms with Gasteiger partial charge >= 0.3 is 0 Å². The molecule has 1 heterocycles. The average Bonchev–Trinajstić information content (AvgIpc) is 2.68. The van der Waals surface area contributed by atoms with Crippen molar-refractivity contribution >= 4 is 15.9 Å². The number of ether oxygens (including phenoxy) is 2. The molecule has 8 nitrogen and oxygen atoms in total. The van der Waals surface area contributed by atoms with Crippen LogP contribution in [0.3, 0.4) is 0 Å². The van der Waals surface area contributed by atoms with Crippen molar-refractivity contribution in [2.75, 3.05) is 53.6 Å². The number of piperidine rings is 1. The van der Waals surface area contributed by atoms with Gasteiger partial charge < -0.3 is 20.1 Å². The Kier molecular flexibility index (Phi) is 8.18. The van der Waals surface area contributed by atoms with Crippen molar-refractivity contribution in [1.29, 1.82) is 0 Å². The van der Waals surface area contributed by atoms with E-state index in [0.717, 1.165) is 12.8 Å². The van der Waals surface area contributed by atoms with E-state index in [-0.39, 0.29) is 43.1 Å². The Morgan fingerprint density at radius 1 is 1.11 bits per heavy atom. The van der Waals surface area contributed by atoms with Crippen molar-refractivity contribution in [3.63, 3.8) is 0 Å². The zero-order valence-electron chi connectivity index (χ0n) is 16.0. The highest BCUT2D eigenvalue weighted by molar-refractivity contribution is 7.89. The van der Waals surface area contributed by atoms with Crippen LogP contribution in [0.15, 0.2) is 29.2 Å². The van der Waals surface area contributed by atoms with E-state index in [1.165, 1.54) is 30.7 Å². The molecule has 0 atom stereocenters. The first-order chi connectivity index (χ1) is 12.9. The summed E-state index contributed by atoms with van der Waals surface area (Å²) in [5.41, 5.74) is 6.35. The Hall–Kier alpha value is -1.52. The van der Waals surface area contributed by atoms with Crippen molar-refractivity contribution in [2.45, 2.75) is 23.8 Å². The maximum Gasteiger partial charge on any atom is 0.253 e. The largest absolute Gasteiger partial charge is 0.383 e. The lowest BCUT2D eigenvalue weighted by atomic mass is 10.1. The minimum Gasteiger partial charge on any atom is -0.383 e. The Labute approximate surface area is 161 Å². The maximum atomic E-state index is 12.9. The molecule has 0 bridgehead atoms. The summed E-state index contributed by atoms with van der Waals surface area (Å²) in [4.78, 5) is 14.5. The van der Waals surface area contributed by atoms with Crippen LogP contribution >= 0.6 is 0 Å². The van der Waals surface area contributed by atoms with Gasteiger partial charge in [-0.3, -0.25) is 4.79 Å². The molecule has 0 radical (unpaired) electrons. The Bertz CT molecular complexity index is 692. The van der Waals surface area contributed by atoms with E-state index in [9.17, 15) is 13.2 Å². The lowest BCUT2D eigenvalue weighted by Gasteiger charge is -2.30. The highest BCUT2D eigenvalue weighted by Crippen LogP contribution is 2.18. The fourth-order valence-corrected chi connectivity index (χ4v) is 4.35. The molecule has 152 valence electrons. The molecule has 0 unspecified atom stereocenters. The Morgan fingerprint density at radius 3 is 2.11 bits per heavy atom. The third-order valence-electron chi connectivity index (χ3n) is 4.66. The first-order valence-corrected chi connectivity index (χ1v) is 10.5. The number of likely N-dealkylation sites (tertiary alicyclic amines) is 1. The molecule has 0 saturated carbocycles. The first-order valence-electron chi connectivity index (χ1n) is 9.03. The number of methoxy groups -OCH3 is 2. The Balaban J connectivity index is 2.12. The van der Waals surface area contributed by atoms with Gasteiger partial charge in [-0.1, -0.05) is 0 Å². The van der Waals surface area contributed by atoms with Gasteiger partial charge in [0, 0.05) is 52.0 Å². The molecule has 1 fully saturated rings. The van der Waals surface area contributed by atoms with E-state index in [4.69, 9.17) is 15.2 Å². The molecule has 1 amide bonds. The first kappa shape index (κ1) is 21.8. The predicted molar refractivity (Wildman–Crippen MR) is 102 cm³/mol. The van der Waals surface area contributed by atoms with Gasteiger partial charge in [-0.15, -0.1) is 0 Å². The zero-order valence-corrected chi connectivity index (χ0v) is 16.8. The molecule has 0 aromatic heterocycles. The van der Waals surface area contributed by atoms with Gasteiger partial charge in [-0.25, -0.2) is 8.42 Å². The molecular weight excluding hydrogens is 370 g/mol. The number of hydrogen-bond acceptors (Lipinski definition) is 6. The van der Waals surface area contributed by atoms with Crippen LogP contribution in [0.5, 0.6) is 0 Å². The number of benzene rings is 1. The van der Waals surface area contributed by atoms with Gasteiger partial charge in [-0.2, -0.15) is 4.31 Å². The third-order valence-corrected chi connectivity index (χ3v) is 6.57. The van der Waals surface area contributed by atoms with Crippen LogP contribution < -0.4 is 5.73 Å². The van der Waals surface area contributed by atoms with Gasteiger partial charge in [-0.05, 0) is 37.1 Å². The standard InChI is InChI=1S/C18H29N3O5S/c1-25-13-11-21(12-14-26-2)27(23,24)17-5-3-15(4-6-17)18(22)20-9-7-16(19)8-10-20/h3-6,16H,7-14,19H2,1-2H3. The minimum absolute atomic E-state index is 0.0959. The van der Waals surface area contributed by atoms with E-state index < -0.39 is 10.0 Å². The lowest BCUT2D eigenvalue weighted by molar-refractivity contribution is 0.0714. The number of amides is 1. The SMILES string of the molecule is COCCN(CCOC)S(=O)(=O)c1ccc(C(=O)N2CCC(N)CC2)cc1. The monoisotopic (exact) mass is 399 g/mol.